The highest BCUT2D eigenvalue weighted by atomic mass is 16.5. The van der Waals surface area contributed by atoms with Crippen LogP contribution in [0, 0.1) is 11.3 Å². The van der Waals surface area contributed by atoms with Crippen LogP contribution in [0.4, 0.5) is 0 Å². The Morgan fingerprint density at radius 2 is 2.12 bits per heavy atom. The van der Waals surface area contributed by atoms with Gasteiger partial charge in [-0.2, -0.15) is 5.26 Å². The summed E-state index contributed by atoms with van der Waals surface area (Å²) in [6.45, 7) is 0. The van der Waals surface area contributed by atoms with E-state index in [0.29, 0.717) is 6.42 Å². The monoisotopic (exact) mass is 217 g/mol. The molecular weight excluding hydrogens is 202 g/mol. The second-order valence-corrected chi connectivity index (χ2v) is 3.96. The lowest BCUT2D eigenvalue weighted by Gasteiger charge is -2.12. The van der Waals surface area contributed by atoms with Crippen LogP contribution in [0.3, 0.4) is 0 Å². The van der Waals surface area contributed by atoms with Gasteiger partial charge in [0, 0.05) is 0 Å². The van der Waals surface area contributed by atoms with Gasteiger partial charge in [-0.15, -0.1) is 0 Å². The number of benzene rings is 1. The summed E-state index contributed by atoms with van der Waals surface area (Å²) in [5.74, 6) is 0.857. The zero-order valence-electron chi connectivity index (χ0n) is 9.35. The van der Waals surface area contributed by atoms with Gasteiger partial charge in [0.15, 0.2) is 0 Å². The van der Waals surface area contributed by atoms with Gasteiger partial charge in [-0.05, 0) is 30.5 Å². The first-order valence-electron chi connectivity index (χ1n) is 5.50. The molecule has 0 bridgehead atoms. The number of rotatable bonds is 3. The van der Waals surface area contributed by atoms with Gasteiger partial charge in [-0.1, -0.05) is 12.1 Å². The zero-order valence-corrected chi connectivity index (χ0v) is 9.35. The second-order valence-electron chi connectivity index (χ2n) is 3.96. The van der Waals surface area contributed by atoms with Crippen LogP contribution in [-0.4, -0.2) is 13.2 Å². The third kappa shape index (κ3) is 2.34. The Hall–Kier alpha value is -1.53. The quantitative estimate of drug-likeness (QED) is 0.781. The fourth-order valence-electron chi connectivity index (χ4n) is 2.02. The predicted molar refractivity (Wildman–Crippen MR) is 60.1 cm³/mol. The molecule has 84 valence electrons. The van der Waals surface area contributed by atoms with Crippen LogP contribution < -0.4 is 4.74 Å². The SMILES string of the molecule is COc1ccc([C@@H]2CC[C@@H](CC#N)O2)cc1. The molecule has 2 atom stereocenters. The number of ether oxygens (including phenoxy) is 2. The van der Waals surface area contributed by atoms with E-state index < -0.39 is 0 Å². The Morgan fingerprint density at radius 1 is 1.38 bits per heavy atom. The topological polar surface area (TPSA) is 42.2 Å². The summed E-state index contributed by atoms with van der Waals surface area (Å²) in [7, 11) is 1.66. The van der Waals surface area contributed by atoms with Gasteiger partial charge in [0.1, 0.15) is 5.75 Å². The largest absolute Gasteiger partial charge is 0.497 e. The average Bonchev–Trinajstić information content (AvgIpc) is 2.78. The predicted octanol–water partition coefficient (Wildman–Crippen LogP) is 2.83. The first-order valence-corrected chi connectivity index (χ1v) is 5.50. The van der Waals surface area contributed by atoms with Gasteiger partial charge in [0.25, 0.3) is 0 Å². The highest BCUT2D eigenvalue weighted by molar-refractivity contribution is 5.28. The van der Waals surface area contributed by atoms with E-state index in [4.69, 9.17) is 14.7 Å². The van der Waals surface area contributed by atoms with Crippen LogP contribution in [0.1, 0.15) is 30.9 Å². The van der Waals surface area contributed by atoms with Crippen LogP contribution in [0.2, 0.25) is 0 Å². The molecule has 1 heterocycles. The normalized spacial score (nSPS) is 24.0. The van der Waals surface area contributed by atoms with Gasteiger partial charge >= 0.3 is 0 Å². The molecule has 1 aliphatic rings. The molecule has 0 amide bonds. The molecule has 16 heavy (non-hydrogen) atoms. The van der Waals surface area contributed by atoms with Crippen molar-refractivity contribution in [1.29, 1.82) is 5.26 Å². The fourth-order valence-corrected chi connectivity index (χ4v) is 2.02. The minimum absolute atomic E-state index is 0.108. The Bertz CT molecular complexity index is 380. The van der Waals surface area contributed by atoms with Crippen molar-refractivity contribution in [2.75, 3.05) is 7.11 Å². The van der Waals surface area contributed by atoms with Crippen molar-refractivity contribution in [1.82, 2.24) is 0 Å². The number of hydrogen-bond acceptors (Lipinski definition) is 3. The van der Waals surface area contributed by atoms with E-state index in [2.05, 4.69) is 6.07 Å². The van der Waals surface area contributed by atoms with Crippen LogP contribution in [-0.2, 0) is 4.74 Å². The van der Waals surface area contributed by atoms with E-state index in [1.165, 1.54) is 5.56 Å². The lowest BCUT2D eigenvalue weighted by Crippen LogP contribution is -2.05. The van der Waals surface area contributed by atoms with Crippen LogP contribution in [0.15, 0.2) is 24.3 Å². The van der Waals surface area contributed by atoms with E-state index in [1.807, 2.05) is 24.3 Å². The summed E-state index contributed by atoms with van der Waals surface area (Å²) in [5, 5.41) is 8.61. The molecule has 3 heteroatoms. The van der Waals surface area contributed by atoms with Crippen molar-refractivity contribution in [2.45, 2.75) is 31.5 Å². The molecular formula is C13H15NO2. The number of nitriles is 1. The third-order valence-electron chi connectivity index (χ3n) is 2.91. The van der Waals surface area contributed by atoms with E-state index in [-0.39, 0.29) is 12.2 Å². The lowest BCUT2D eigenvalue weighted by molar-refractivity contribution is 0.0475. The Labute approximate surface area is 95.6 Å². The first kappa shape index (κ1) is 11.0. The van der Waals surface area contributed by atoms with Gasteiger partial charge in [-0.25, -0.2) is 0 Å². The lowest BCUT2D eigenvalue weighted by atomic mass is 10.1. The molecule has 0 unspecified atom stereocenters. The molecule has 3 nitrogen and oxygen atoms in total. The maximum absolute atomic E-state index is 8.61. The molecule has 0 N–H and O–H groups in total. The summed E-state index contributed by atoms with van der Waals surface area (Å²) in [4.78, 5) is 0. The van der Waals surface area contributed by atoms with Gasteiger partial charge in [-0.3, -0.25) is 0 Å². The molecule has 1 aliphatic heterocycles. The molecule has 1 aromatic carbocycles. The van der Waals surface area contributed by atoms with E-state index in [9.17, 15) is 0 Å². The molecule has 0 radical (unpaired) electrons. The molecule has 0 saturated carbocycles. The van der Waals surface area contributed by atoms with E-state index in [1.54, 1.807) is 7.11 Å². The standard InChI is InChI=1S/C13H15NO2/c1-15-11-4-2-10(3-5-11)13-7-6-12(16-13)8-9-14/h2-5,12-13H,6-8H2,1H3/t12-,13-/m0/s1. The summed E-state index contributed by atoms with van der Waals surface area (Å²) in [6.07, 6.45) is 2.72. The fraction of sp³-hybridized carbons (Fsp3) is 0.462. The van der Waals surface area contributed by atoms with Crippen molar-refractivity contribution in [3.63, 3.8) is 0 Å². The first-order chi connectivity index (χ1) is 7.83. The molecule has 0 aliphatic carbocycles. The smallest absolute Gasteiger partial charge is 0.118 e. The minimum atomic E-state index is 0.108. The summed E-state index contributed by atoms with van der Waals surface area (Å²) in [5.41, 5.74) is 1.17. The van der Waals surface area contributed by atoms with E-state index in [0.717, 1.165) is 18.6 Å². The molecule has 1 saturated heterocycles. The highest BCUT2D eigenvalue weighted by Gasteiger charge is 2.25. The summed E-state index contributed by atoms with van der Waals surface area (Å²) in [6, 6.07) is 10.1. The van der Waals surface area contributed by atoms with Crippen molar-refractivity contribution >= 4 is 0 Å². The van der Waals surface area contributed by atoms with Gasteiger partial charge < -0.3 is 9.47 Å². The summed E-state index contributed by atoms with van der Waals surface area (Å²) < 4.78 is 10.9. The van der Waals surface area contributed by atoms with Gasteiger partial charge in [0.2, 0.25) is 0 Å². The third-order valence-corrected chi connectivity index (χ3v) is 2.91. The van der Waals surface area contributed by atoms with Crippen LogP contribution >= 0.6 is 0 Å². The molecule has 0 aromatic heterocycles. The van der Waals surface area contributed by atoms with Crippen molar-refractivity contribution in [3.8, 4) is 11.8 Å². The van der Waals surface area contributed by atoms with Gasteiger partial charge in [0.05, 0.1) is 31.8 Å². The molecule has 1 fully saturated rings. The molecule has 2 rings (SSSR count). The number of nitrogens with zero attached hydrogens (tertiary/aromatic N) is 1. The zero-order chi connectivity index (χ0) is 11.4. The number of hydrogen-bond donors (Lipinski definition) is 0. The Balaban J connectivity index is 2.00. The highest BCUT2D eigenvalue weighted by Crippen LogP contribution is 2.34. The minimum Gasteiger partial charge on any atom is -0.497 e. The van der Waals surface area contributed by atoms with Crippen molar-refractivity contribution < 1.29 is 9.47 Å². The van der Waals surface area contributed by atoms with E-state index >= 15 is 0 Å². The van der Waals surface area contributed by atoms with Crippen LogP contribution in [0.25, 0.3) is 0 Å². The molecule has 0 spiro atoms. The average molecular weight is 217 g/mol. The Morgan fingerprint density at radius 3 is 2.75 bits per heavy atom. The van der Waals surface area contributed by atoms with Crippen LogP contribution in [0.5, 0.6) is 5.75 Å². The summed E-state index contributed by atoms with van der Waals surface area (Å²) >= 11 is 0. The van der Waals surface area contributed by atoms with Crippen molar-refractivity contribution in [2.24, 2.45) is 0 Å². The Kier molecular flexibility index (Phi) is 3.43. The maximum atomic E-state index is 8.61. The second kappa shape index (κ2) is 5.00. The number of methoxy groups -OCH3 is 1. The maximum Gasteiger partial charge on any atom is 0.118 e. The van der Waals surface area contributed by atoms with Crippen molar-refractivity contribution in [3.05, 3.63) is 29.8 Å². The molecule has 1 aromatic rings.